The fourth-order valence-corrected chi connectivity index (χ4v) is 2.38. The van der Waals surface area contributed by atoms with Gasteiger partial charge in [0.1, 0.15) is 10.9 Å². The van der Waals surface area contributed by atoms with Gasteiger partial charge in [-0.25, -0.2) is 4.98 Å². The van der Waals surface area contributed by atoms with Crippen LogP contribution in [0.5, 0.6) is 0 Å². The van der Waals surface area contributed by atoms with Crippen LogP contribution < -0.4 is 0 Å². The van der Waals surface area contributed by atoms with Crippen molar-refractivity contribution >= 4 is 21.8 Å². The zero-order chi connectivity index (χ0) is 12.5. The van der Waals surface area contributed by atoms with Gasteiger partial charge < -0.3 is 9.47 Å². The molecule has 0 atom stereocenters. The molecule has 3 rings (SSSR count). The Hall–Kier alpha value is -1.76. The van der Waals surface area contributed by atoms with Gasteiger partial charge in [-0.15, -0.1) is 10.2 Å². The SMILES string of the molecule is O=C(c1cccnc1Br)N1CCn2cnnc2C1. The number of rotatable bonds is 1. The fraction of sp³-hybridized carbons (Fsp3) is 0.273. The maximum absolute atomic E-state index is 12.4. The van der Waals surface area contributed by atoms with Crippen LogP contribution in [0.2, 0.25) is 0 Å². The number of halogens is 1. The molecule has 1 aliphatic heterocycles. The third-order valence-electron chi connectivity index (χ3n) is 2.92. The lowest BCUT2D eigenvalue weighted by Crippen LogP contribution is -2.38. The number of nitrogens with zero attached hydrogens (tertiary/aromatic N) is 5. The van der Waals surface area contributed by atoms with Crippen molar-refractivity contribution in [3.63, 3.8) is 0 Å². The van der Waals surface area contributed by atoms with E-state index in [1.54, 1.807) is 29.6 Å². The molecule has 18 heavy (non-hydrogen) atoms. The zero-order valence-corrected chi connectivity index (χ0v) is 11.0. The van der Waals surface area contributed by atoms with Gasteiger partial charge in [0.05, 0.1) is 12.1 Å². The molecule has 0 saturated heterocycles. The molecular weight excluding hydrogens is 298 g/mol. The van der Waals surface area contributed by atoms with E-state index in [-0.39, 0.29) is 5.91 Å². The van der Waals surface area contributed by atoms with Gasteiger partial charge in [0.2, 0.25) is 0 Å². The fourth-order valence-electron chi connectivity index (χ4n) is 1.96. The number of hydrogen-bond donors (Lipinski definition) is 0. The molecule has 92 valence electrons. The molecule has 1 amide bonds. The Morgan fingerprint density at radius 2 is 2.28 bits per heavy atom. The van der Waals surface area contributed by atoms with Crippen molar-refractivity contribution in [3.8, 4) is 0 Å². The Balaban J connectivity index is 1.85. The van der Waals surface area contributed by atoms with Gasteiger partial charge in [-0.2, -0.15) is 0 Å². The van der Waals surface area contributed by atoms with Crippen LogP contribution in [0.3, 0.4) is 0 Å². The molecule has 0 saturated carbocycles. The Morgan fingerprint density at radius 3 is 3.11 bits per heavy atom. The molecule has 7 heteroatoms. The van der Waals surface area contributed by atoms with Crippen LogP contribution in [0.15, 0.2) is 29.3 Å². The first-order valence-corrected chi connectivity index (χ1v) is 6.31. The average molecular weight is 308 g/mol. The van der Waals surface area contributed by atoms with Crippen molar-refractivity contribution in [2.75, 3.05) is 6.54 Å². The molecule has 6 nitrogen and oxygen atoms in total. The Kier molecular flexibility index (Phi) is 2.83. The summed E-state index contributed by atoms with van der Waals surface area (Å²) in [7, 11) is 0. The predicted molar refractivity (Wildman–Crippen MR) is 66.7 cm³/mol. The van der Waals surface area contributed by atoms with Crippen molar-refractivity contribution in [2.45, 2.75) is 13.1 Å². The van der Waals surface area contributed by atoms with E-state index in [0.717, 1.165) is 12.4 Å². The lowest BCUT2D eigenvalue weighted by Gasteiger charge is -2.27. The summed E-state index contributed by atoms with van der Waals surface area (Å²) in [5, 5.41) is 7.84. The van der Waals surface area contributed by atoms with Crippen LogP contribution in [0, 0.1) is 0 Å². The van der Waals surface area contributed by atoms with E-state index in [0.29, 0.717) is 23.3 Å². The van der Waals surface area contributed by atoms with Gasteiger partial charge >= 0.3 is 0 Å². The van der Waals surface area contributed by atoms with E-state index >= 15 is 0 Å². The third-order valence-corrected chi connectivity index (χ3v) is 3.55. The summed E-state index contributed by atoms with van der Waals surface area (Å²) < 4.78 is 2.53. The van der Waals surface area contributed by atoms with Gasteiger partial charge in [0.25, 0.3) is 5.91 Å². The second-order valence-electron chi connectivity index (χ2n) is 4.01. The first-order valence-electron chi connectivity index (χ1n) is 5.52. The molecule has 0 unspecified atom stereocenters. The van der Waals surface area contributed by atoms with Crippen molar-refractivity contribution < 1.29 is 4.79 Å². The number of pyridine rings is 1. The lowest BCUT2D eigenvalue weighted by atomic mass is 10.2. The normalized spacial score (nSPS) is 14.4. The highest BCUT2D eigenvalue weighted by Crippen LogP contribution is 2.18. The zero-order valence-electron chi connectivity index (χ0n) is 9.45. The Bertz CT molecular complexity index is 597. The van der Waals surface area contributed by atoms with Crippen LogP contribution in [0.4, 0.5) is 0 Å². The van der Waals surface area contributed by atoms with E-state index in [1.165, 1.54) is 0 Å². The molecule has 0 spiro atoms. The highest BCUT2D eigenvalue weighted by Gasteiger charge is 2.24. The summed E-state index contributed by atoms with van der Waals surface area (Å²) in [5.41, 5.74) is 0.575. The van der Waals surface area contributed by atoms with Crippen LogP contribution in [0.1, 0.15) is 16.2 Å². The summed E-state index contributed by atoms with van der Waals surface area (Å²) in [6, 6.07) is 3.52. The standard InChI is InChI=1S/C11H10BrN5O/c12-10-8(2-1-3-13-10)11(18)16-4-5-17-7-14-15-9(17)6-16/h1-3,7H,4-6H2. The Morgan fingerprint density at radius 1 is 1.39 bits per heavy atom. The maximum Gasteiger partial charge on any atom is 0.257 e. The van der Waals surface area contributed by atoms with Crippen molar-refractivity contribution in [2.24, 2.45) is 0 Å². The smallest absolute Gasteiger partial charge is 0.257 e. The van der Waals surface area contributed by atoms with E-state index in [9.17, 15) is 4.79 Å². The summed E-state index contributed by atoms with van der Waals surface area (Å²) >= 11 is 3.30. The van der Waals surface area contributed by atoms with Gasteiger partial charge in [0.15, 0.2) is 5.82 Å². The van der Waals surface area contributed by atoms with E-state index in [4.69, 9.17) is 0 Å². The largest absolute Gasteiger partial charge is 0.329 e. The third kappa shape index (κ3) is 1.90. The van der Waals surface area contributed by atoms with Gasteiger partial charge in [-0.1, -0.05) is 0 Å². The molecule has 0 aliphatic carbocycles. The van der Waals surface area contributed by atoms with Crippen molar-refractivity contribution in [1.29, 1.82) is 0 Å². The number of carbonyl (C=O) groups is 1. The molecule has 0 radical (unpaired) electrons. The number of amides is 1. The summed E-state index contributed by atoms with van der Waals surface area (Å²) in [6.45, 7) is 1.87. The molecule has 2 aromatic heterocycles. The average Bonchev–Trinajstić information content (AvgIpc) is 2.85. The summed E-state index contributed by atoms with van der Waals surface area (Å²) in [5.74, 6) is 0.777. The second kappa shape index (κ2) is 4.49. The number of hydrogen-bond acceptors (Lipinski definition) is 4. The van der Waals surface area contributed by atoms with E-state index in [2.05, 4.69) is 31.1 Å². The molecule has 0 bridgehead atoms. The van der Waals surface area contributed by atoms with E-state index < -0.39 is 0 Å². The molecule has 1 aliphatic rings. The summed E-state index contributed by atoms with van der Waals surface area (Å²) in [4.78, 5) is 18.2. The van der Waals surface area contributed by atoms with Gasteiger partial charge in [-0.05, 0) is 28.1 Å². The predicted octanol–water partition coefficient (Wildman–Crippen LogP) is 1.09. The summed E-state index contributed by atoms with van der Waals surface area (Å²) in [6.07, 6.45) is 3.34. The number of carbonyl (C=O) groups excluding carboxylic acids is 1. The highest BCUT2D eigenvalue weighted by molar-refractivity contribution is 9.10. The monoisotopic (exact) mass is 307 g/mol. The Labute approximate surface area is 112 Å². The molecule has 0 N–H and O–H groups in total. The van der Waals surface area contributed by atoms with Crippen LogP contribution in [-0.2, 0) is 13.1 Å². The van der Waals surface area contributed by atoms with Crippen LogP contribution >= 0.6 is 15.9 Å². The number of aromatic nitrogens is 4. The van der Waals surface area contributed by atoms with E-state index in [1.807, 2.05) is 4.57 Å². The number of fused-ring (bicyclic) bond motifs is 1. The quantitative estimate of drug-likeness (QED) is 0.740. The highest BCUT2D eigenvalue weighted by atomic mass is 79.9. The minimum absolute atomic E-state index is 0.0378. The molecule has 2 aromatic rings. The van der Waals surface area contributed by atoms with Crippen molar-refractivity contribution in [1.82, 2.24) is 24.6 Å². The molecular formula is C11H10BrN5O. The molecule has 0 aromatic carbocycles. The molecule has 3 heterocycles. The first-order chi connectivity index (χ1) is 8.75. The van der Waals surface area contributed by atoms with Crippen molar-refractivity contribution in [3.05, 3.63) is 40.6 Å². The lowest BCUT2D eigenvalue weighted by molar-refractivity contribution is 0.0706. The van der Waals surface area contributed by atoms with Crippen LogP contribution in [-0.4, -0.2) is 37.1 Å². The first kappa shape index (κ1) is 11.3. The minimum Gasteiger partial charge on any atom is -0.329 e. The minimum atomic E-state index is -0.0378. The second-order valence-corrected chi connectivity index (χ2v) is 4.76. The van der Waals surface area contributed by atoms with Crippen LogP contribution in [0.25, 0.3) is 0 Å². The topological polar surface area (TPSA) is 63.9 Å². The maximum atomic E-state index is 12.4. The van der Waals surface area contributed by atoms with Gasteiger partial charge in [-0.3, -0.25) is 4.79 Å². The molecule has 0 fully saturated rings. The van der Waals surface area contributed by atoms with Gasteiger partial charge in [0, 0.05) is 19.3 Å².